The number of halogens is 2. The van der Waals surface area contributed by atoms with E-state index in [1.807, 2.05) is 0 Å². The summed E-state index contributed by atoms with van der Waals surface area (Å²) in [5.74, 6) is 0.497. The van der Waals surface area contributed by atoms with Gasteiger partial charge in [-0.25, -0.2) is 0 Å². The van der Waals surface area contributed by atoms with E-state index in [0.29, 0.717) is 23.0 Å². The molecule has 1 unspecified atom stereocenters. The number of carbonyl (C=O) groups excluding carboxylic acids is 1. The van der Waals surface area contributed by atoms with Gasteiger partial charge in [-0.1, -0.05) is 11.6 Å². The summed E-state index contributed by atoms with van der Waals surface area (Å²) in [5.41, 5.74) is 6.29. The largest absolute Gasteiger partial charge is 0.348 e. The van der Waals surface area contributed by atoms with Crippen LogP contribution in [0.3, 0.4) is 0 Å². The lowest BCUT2D eigenvalue weighted by Crippen LogP contribution is -2.41. The van der Waals surface area contributed by atoms with Gasteiger partial charge < -0.3 is 11.1 Å². The monoisotopic (exact) mass is 364 g/mol. The van der Waals surface area contributed by atoms with E-state index in [2.05, 4.69) is 27.9 Å². The van der Waals surface area contributed by atoms with Gasteiger partial charge in [-0.05, 0) is 59.5 Å². The molecule has 0 radical (unpaired) electrons. The van der Waals surface area contributed by atoms with E-state index in [4.69, 9.17) is 17.3 Å². The van der Waals surface area contributed by atoms with Crippen molar-refractivity contribution in [3.8, 4) is 0 Å². The first-order chi connectivity index (χ1) is 8.11. The first-order valence-electron chi connectivity index (χ1n) is 5.58. The van der Waals surface area contributed by atoms with Gasteiger partial charge in [0.15, 0.2) is 0 Å². The maximum atomic E-state index is 12.0. The van der Waals surface area contributed by atoms with Gasteiger partial charge in [0.1, 0.15) is 0 Å². The van der Waals surface area contributed by atoms with E-state index >= 15 is 0 Å². The number of hydrogen-bond donors (Lipinski definition) is 2. The number of benzene rings is 1. The van der Waals surface area contributed by atoms with Gasteiger partial charge in [-0.3, -0.25) is 4.79 Å². The van der Waals surface area contributed by atoms with Gasteiger partial charge in [-0.2, -0.15) is 0 Å². The normalized spacial score (nSPS) is 16.6. The Balaban J connectivity index is 2.05. The highest BCUT2D eigenvalue weighted by molar-refractivity contribution is 14.1. The number of nitrogens with two attached hydrogens (primary N) is 1. The molecule has 0 saturated heterocycles. The Morgan fingerprint density at radius 2 is 2.29 bits per heavy atom. The topological polar surface area (TPSA) is 55.1 Å². The van der Waals surface area contributed by atoms with Crippen molar-refractivity contribution in [3.63, 3.8) is 0 Å². The van der Waals surface area contributed by atoms with E-state index in [-0.39, 0.29) is 11.9 Å². The molecule has 0 aromatic heterocycles. The van der Waals surface area contributed by atoms with E-state index < -0.39 is 0 Å². The van der Waals surface area contributed by atoms with E-state index in [9.17, 15) is 4.79 Å². The lowest BCUT2D eigenvalue weighted by atomic mass is 10.1. The molecule has 1 fully saturated rings. The van der Waals surface area contributed by atoms with Crippen LogP contribution < -0.4 is 11.1 Å². The maximum absolute atomic E-state index is 12.0. The van der Waals surface area contributed by atoms with Crippen molar-refractivity contribution in [1.82, 2.24) is 5.32 Å². The molecule has 92 valence electrons. The highest BCUT2D eigenvalue weighted by Crippen LogP contribution is 2.32. The third-order valence-electron chi connectivity index (χ3n) is 2.94. The molecule has 0 spiro atoms. The lowest BCUT2D eigenvalue weighted by molar-refractivity contribution is 0.0933. The lowest BCUT2D eigenvalue weighted by Gasteiger charge is -2.16. The highest BCUT2D eigenvalue weighted by atomic mass is 127. The zero-order valence-corrected chi connectivity index (χ0v) is 12.2. The van der Waals surface area contributed by atoms with Gasteiger partial charge in [0.2, 0.25) is 0 Å². The van der Waals surface area contributed by atoms with Crippen molar-refractivity contribution in [1.29, 1.82) is 0 Å². The third kappa shape index (κ3) is 3.33. The van der Waals surface area contributed by atoms with Crippen LogP contribution in [0.5, 0.6) is 0 Å². The molecular weight excluding hydrogens is 351 g/mol. The molecule has 1 aliphatic carbocycles. The molecule has 1 aromatic rings. The molecule has 1 saturated carbocycles. The van der Waals surface area contributed by atoms with Crippen LogP contribution in [0.15, 0.2) is 18.2 Å². The van der Waals surface area contributed by atoms with Crippen LogP contribution in [0.1, 0.15) is 23.2 Å². The predicted octanol–water partition coefficient (Wildman–Crippen LogP) is 2.41. The van der Waals surface area contributed by atoms with Gasteiger partial charge in [-0.15, -0.1) is 0 Å². The Bertz CT molecular complexity index is 435. The summed E-state index contributed by atoms with van der Waals surface area (Å²) >= 11 is 8.03. The van der Waals surface area contributed by atoms with Crippen molar-refractivity contribution < 1.29 is 4.79 Å². The fourth-order valence-electron chi connectivity index (χ4n) is 1.76. The molecule has 5 heteroatoms. The fraction of sp³-hybridized carbons (Fsp3) is 0.417. The highest BCUT2D eigenvalue weighted by Gasteiger charge is 2.31. The quantitative estimate of drug-likeness (QED) is 0.806. The van der Waals surface area contributed by atoms with Crippen LogP contribution in [0, 0.1) is 9.49 Å². The molecular formula is C12H14ClIN2O. The molecule has 17 heavy (non-hydrogen) atoms. The van der Waals surface area contributed by atoms with E-state index in [1.54, 1.807) is 18.2 Å². The summed E-state index contributed by atoms with van der Waals surface area (Å²) in [6.45, 7) is 0.501. The number of hydrogen-bond acceptors (Lipinski definition) is 2. The third-order valence-corrected chi connectivity index (χ3v) is 4.48. The van der Waals surface area contributed by atoms with Crippen LogP contribution in [-0.2, 0) is 0 Å². The SMILES string of the molecule is NCC(NC(=O)c1ccc(Cl)c(I)c1)C1CC1. The van der Waals surface area contributed by atoms with Gasteiger partial charge in [0.25, 0.3) is 5.91 Å². The molecule has 3 nitrogen and oxygen atoms in total. The molecule has 1 amide bonds. The Morgan fingerprint density at radius 1 is 1.59 bits per heavy atom. The first-order valence-corrected chi connectivity index (χ1v) is 7.03. The predicted molar refractivity (Wildman–Crippen MR) is 77.2 cm³/mol. The van der Waals surface area contributed by atoms with Crippen molar-refractivity contribution in [2.45, 2.75) is 18.9 Å². The Morgan fingerprint density at radius 3 is 2.82 bits per heavy atom. The summed E-state index contributed by atoms with van der Waals surface area (Å²) < 4.78 is 0.882. The van der Waals surface area contributed by atoms with Crippen molar-refractivity contribution in [3.05, 3.63) is 32.4 Å². The standard InChI is InChI=1S/C12H14ClIN2O/c13-9-4-3-8(5-10(9)14)12(17)16-11(6-15)7-1-2-7/h3-5,7,11H,1-2,6,15H2,(H,16,17). The Kier molecular flexibility index (Phi) is 4.27. The molecule has 1 aliphatic rings. The van der Waals surface area contributed by atoms with Crippen LogP contribution in [0.2, 0.25) is 5.02 Å². The summed E-state index contributed by atoms with van der Waals surface area (Å²) in [4.78, 5) is 12.0. The van der Waals surface area contributed by atoms with Crippen molar-refractivity contribution in [2.24, 2.45) is 11.7 Å². The maximum Gasteiger partial charge on any atom is 0.251 e. The van der Waals surface area contributed by atoms with Crippen LogP contribution in [0.25, 0.3) is 0 Å². The molecule has 0 bridgehead atoms. The van der Waals surface area contributed by atoms with E-state index in [1.165, 1.54) is 12.8 Å². The number of nitrogens with one attached hydrogen (secondary N) is 1. The summed E-state index contributed by atoms with van der Waals surface area (Å²) in [5, 5.41) is 3.65. The Labute approximate surface area is 119 Å². The smallest absolute Gasteiger partial charge is 0.251 e. The summed E-state index contributed by atoms with van der Waals surface area (Å²) in [7, 11) is 0. The van der Waals surface area contributed by atoms with Crippen LogP contribution in [-0.4, -0.2) is 18.5 Å². The minimum Gasteiger partial charge on any atom is -0.348 e. The second kappa shape index (κ2) is 5.54. The van der Waals surface area contributed by atoms with Crippen molar-refractivity contribution in [2.75, 3.05) is 6.54 Å². The zero-order valence-electron chi connectivity index (χ0n) is 9.25. The average molecular weight is 365 g/mol. The molecule has 3 N–H and O–H groups in total. The minimum absolute atomic E-state index is 0.0677. The summed E-state index contributed by atoms with van der Waals surface area (Å²) in [6.07, 6.45) is 2.33. The second-order valence-electron chi connectivity index (χ2n) is 4.28. The first kappa shape index (κ1) is 13.1. The summed E-state index contributed by atoms with van der Waals surface area (Å²) in [6, 6.07) is 5.38. The number of carbonyl (C=O) groups is 1. The van der Waals surface area contributed by atoms with Gasteiger partial charge in [0, 0.05) is 21.7 Å². The molecule has 1 atom stereocenters. The Hall–Kier alpha value is -0.330. The minimum atomic E-state index is -0.0677. The molecule has 0 heterocycles. The average Bonchev–Trinajstić information content (AvgIpc) is 3.13. The number of amides is 1. The van der Waals surface area contributed by atoms with Crippen LogP contribution in [0.4, 0.5) is 0 Å². The van der Waals surface area contributed by atoms with Gasteiger partial charge in [0.05, 0.1) is 5.02 Å². The zero-order chi connectivity index (χ0) is 12.4. The number of rotatable bonds is 4. The molecule has 2 rings (SSSR count). The van der Waals surface area contributed by atoms with Crippen LogP contribution >= 0.6 is 34.2 Å². The molecule has 1 aromatic carbocycles. The van der Waals surface area contributed by atoms with E-state index in [0.717, 1.165) is 3.57 Å². The second-order valence-corrected chi connectivity index (χ2v) is 5.85. The van der Waals surface area contributed by atoms with Gasteiger partial charge >= 0.3 is 0 Å². The van der Waals surface area contributed by atoms with Crippen molar-refractivity contribution >= 4 is 40.1 Å². The fourth-order valence-corrected chi connectivity index (χ4v) is 2.39. The molecule has 0 aliphatic heterocycles.